The summed E-state index contributed by atoms with van der Waals surface area (Å²) in [6.45, 7) is 11.5. The number of aliphatic hydroxyl groups excluding tert-OH is 1. The second-order valence-corrected chi connectivity index (χ2v) is 8.61. The molecule has 1 saturated heterocycles. The highest BCUT2D eigenvalue weighted by Crippen LogP contribution is 2.29. The Hall–Kier alpha value is -4.76. The van der Waals surface area contributed by atoms with Gasteiger partial charge >= 0.3 is 0 Å². The van der Waals surface area contributed by atoms with Crippen molar-refractivity contribution in [1.82, 2.24) is 25.3 Å². The molecule has 1 aromatic carbocycles. The summed E-state index contributed by atoms with van der Waals surface area (Å²) in [6.07, 6.45) is 6.70. The molecule has 1 aliphatic heterocycles. The zero-order chi connectivity index (χ0) is 25.6. The van der Waals surface area contributed by atoms with Crippen molar-refractivity contribution in [2.45, 2.75) is 0 Å². The quantitative estimate of drug-likeness (QED) is 0.260. The highest BCUT2D eigenvalue weighted by molar-refractivity contribution is 5.80. The molecule has 4 aromatic rings. The van der Waals surface area contributed by atoms with Crippen LogP contribution in [0.25, 0.3) is 22.7 Å². The Morgan fingerprint density at radius 3 is 2.54 bits per heavy atom. The lowest BCUT2D eigenvalue weighted by Crippen LogP contribution is -2.43. The van der Waals surface area contributed by atoms with Gasteiger partial charge < -0.3 is 26.0 Å². The third-order valence-electron chi connectivity index (χ3n) is 5.97. The topological polar surface area (TPSA) is 111 Å². The Balaban J connectivity index is 1.48. The molecule has 0 unspecified atom stereocenters. The van der Waals surface area contributed by atoms with Gasteiger partial charge in [0.25, 0.3) is 0 Å². The lowest BCUT2D eigenvalue weighted by molar-refractivity contribution is 0.514. The van der Waals surface area contributed by atoms with E-state index in [2.05, 4.69) is 55.0 Å². The van der Waals surface area contributed by atoms with Gasteiger partial charge in [-0.2, -0.15) is 0 Å². The van der Waals surface area contributed by atoms with E-state index < -0.39 is 0 Å². The fraction of sp³-hybridized carbons (Fsp3) is 0.143. The Morgan fingerprint density at radius 2 is 1.76 bits per heavy atom. The van der Waals surface area contributed by atoms with Crippen molar-refractivity contribution in [2.24, 2.45) is 0 Å². The maximum absolute atomic E-state index is 9.79. The molecular weight excluding hydrogens is 464 g/mol. The van der Waals surface area contributed by atoms with Crippen LogP contribution in [-0.4, -0.2) is 51.2 Å². The average Bonchev–Trinajstić information content (AvgIpc) is 2.94. The minimum atomic E-state index is 0.00859. The maximum atomic E-state index is 9.79. The van der Waals surface area contributed by atoms with Crippen LogP contribution in [0.4, 0.5) is 23.1 Å². The third kappa shape index (κ3) is 5.91. The predicted molar refractivity (Wildman–Crippen MR) is 149 cm³/mol. The number of anilines is 4. The molecule has 9 nitrogen and oxygen atoms in total. The van der Waals surface area contributed by atoms with E-state index in [1.807, 2.05) is 42.6 Å². The Bertz CT molecular complexity index is 1420. The van der Waals surface area contributed by atoms with Gasteiger partial charge in [0.2, 0.25) is 0 Å². The van der Waals surface area contributed by atoms with Crippen LogP contribution in [-0.2, 0) is 0 Å². The molecule has 4 heterocycles. The van der Waals surface area contributed by atoms with Crippen molar-refractivity contribution >= 4 is 34.6 Å². The number of rotatable bonds is 8. The van der Waals surface area contributed by atoms with Gasteiger partial charge in [0.1, 0.15) is 23.2 Å². The minimum absolute atomic E-state index is 0.00859. The van der Waals surface area contributed by atoms with Gasteiger partial charge in [-0.25, -0.2) is 15.0 Å². The van der Waals surface area contributed by atoms with E-state index in [1.54, 1.807) is 24.7 Å². The van der Waals surface area contributed by atoms with Crippen molar-refractivity contribution in [3.05, 3.63) is 97.6 Å². The van der Waals surface area contributed by atoms with E-state index in [0.717, 1.165) is 54.5 Å². The van der Waals surface area contributed by atoms with E-state index in [-0.39, 0.29) is 5.76 Å². The Kier molecular flexibility index (Phi) is 7.05. The first-order valence-corrected chi connectivity index (χ1v) is 12.0. The summed E-state index contributed by atoms with van der Waals surface area (Å²) >= 11 is 0. The molecule has 5 rings (SSSR count). The van der Waals surface area contributed by atoms with Gasteiger partial charge in [-0.1, -0.05) is 31.4 Å². The van der Waals surface area contributed by atoms with E-state index in [1.165, 1.54) is 0 Å². The van der Waals surface area contributed by atoms with Gasteiger partial charge in [-0.15, -0.1) is 0 Å². The fourth-order valence-electron chi connectivity index (χ4n) is 4.09. The van der Waals surface area contributed by atoms with Crippen molar-refractivity contribution in [2.75, 3.05) is 41.7 Å². The fourth-order valence-corrected chi connectivity index (χ4v) is 4.09. The van der Waals surface area contributed by atoms with Gasteiger partial charge in [0.05, 0.1) is 11.9 Å². The molecule has 0 saturated carbocycles. The molecule has 0 bridgehead atoms. The number of pyridine rings is 2. The highest BCUT2D eigenvalue weighted by atomic mass is 16.3. The molecule has 37 heavy (non-hydrogen) atoms. The number of hydrogen-bond donors (Lipinski definition) is 4. The van der Waals surface area contributed by atoms with E-state index in [9.17, 15) is 5.11 Å². The van der Waals surface area contributed by atoms with Crippen molar-refractivity contribution in [1.29, 1.82) is 0 Å². The molecule has 0 atom stereocenters. The van der Waals surface area contributed by atoms with E-state index >= 15 is 0 Å². The van der Waals surface area contributed by atoms with Crippen LogP contribution >= 0.6 is 0 Å². The SMILES string of the molecule is C=C(O)c1cccc(C(=C)Nc2cc(Nc3cnccn3)nc(-c3ccnc(N4CCNCC4)c3)c2)c1. The van der Waals surface area contributed by atoms with Crippen LogP contribution in [0.2, 0.25) is 0 Å². The summed E-state index contributed by atoms with van der Waals surface area (Å²) in [5.74, 6) is 2.12. The summed E-state index contributed by atoms with van der Waals surface area (Å²) < 4.78 is 0. The normalized spacial score (nSPS) is 13.1. The number of hydrogen-bond acceptors (Lipinski definition) is 9. The Morgan fingerprint density at radius 1 is 0.919 bits per heavy atom. The zero-order valence-corrected chi connectivity index (χ0v) is 20.4. The number of aliphatic hydroxyl groups is 1. The zero-order valence-electron chi connectivity index (χ0n) is 20.4. The number of aromatic nitrogens is 4. The lowest BCUT2D eigenvalue weighted by Gasteiger charge is -2.28. The summed E-state index contributed by atoms with van der Waals surface area (Å²) in [4.78, 5) is 20.1. The summed E-state index contributed by atoms with van der Waals surface area (Å²) in [6, 6.07) is 15.3. The van der Waals surface area contributed by atoms with Crippen LogP contribution in [0.5, 0.6) is 0 Å². The minimum Gasteiger partial charge on any atom is -0.508 e. The monoisotopic (exact) mass is 492 g/mol. The Labute approximate surface area is 215 Å². The largest absolute Gasteiger partial charge is 0.508 e. The first-order valence-electron chi connectivity index (χ1n) is 12.0. The molecular formula is C28H28N8O. The van der Waals surface area contributed by atoms with Crippen LogP contribution in [0, 0.1) is 0 Å². The second kappa shape index (κ2) is 10.9. The number of nitrogens with zero attached hydrogens (tertiary/aromatic N) is 5. The van der Waals surface area contributed by atoms with Gasteiger partial charge in [0, 0.05) is 73.3 Å². The van der Waals surface area contributed by atoms with E-state index in [0.29, 0.717) is 22.9 Å². The molecule has 4 N–H and O–H groups in total. The summed E-state index contributed by atoms with van der Waals surface area (Å²) in [5.41, 5.74) is 4.63. The number of benzene rings is 1. The standard InChI is InChI=1S/C28H28N8O/c1-19(21-4-3-5-22(14-21)20(2)37)33-24-16-25(34-26(17-24)35-27-18-30-8-9-31-27)23-6-7-32-28(15-23)36-12-10-29-11-13-36/h3-9,14-18,29,37H,1-2,10-13H2,(H2,31,33,34,35). The van der Waals surface area contributed by atoms with Crippen LogP contribution < -0.4 is 20.9 Å². The molecule has 0 radical (unpaired) electrons. The second-order valence-electron chi connectivity index (χ2n) is 8.61. The van der Waals surface area contributed by atoms with Gasteiger partial charge in [-0.05, 0) is 29.8 Å². The highest BCUT2D eigenvalue weighted by Gasteiger charge is 2.14. The average molecular weight is 493 g/mol. The molecule has 1 aliphatic rings. The number of nitrogens with one attached hydrogen (secondary N) is 3. The van der Waals surface area contributed by atoms with Crippen LogP contribution in [0.1, 0.15) is 11.1 Å². The summed E-state index contributed by atoms with van der Waals surface area (Å²) in [5, 5.41) is 19.8. The van der Waals surface area contributed by atoms with E-state index in [4.69, 9.17) is 4.98 Å². The molecule has 0 amide bonds. The maximum Gasteiger partial charge on any atom is 0.150 e. The molecule has 0 spiro atoms. The first kappa shape index (κ1) is 24.0. The van der Waals surface area contributed by atoms with Gasteiger partial charge in [-0.3, -0.25) is 4.98 Å². The first-order chi connectivity index (χ1) is 18.0. The van der Waals surface area contributed by atoms with Crippen LogP contribution in [0.15, 0.2) is 86.5 Å². The molecule has 1 fully saturated rings. The van der Waals surface area contributed by atoms with Crippen molar-refractivity contribution in [3.8, 4) is 11.3 Å². The molecule has 0 aliphatic carbocycles. The molecule has 3 aromatic heterocycles. The predicted octanol–water partition coefficient (Wildman–Crippen LogP) is 4.70. The number of piperazine rings is 1. The molecule has 9 heteroatoms. The van der Waals surface area contributed by atoms with Gasteiger partial charge in [0.15, 0.2) is 0 Å². The smallest absolute Gasteiger partial charge is 0.150 e. The van der Waals surface area contributed by atoms with Crippen molar-refractivity contribution in [3.63, 3.8) is 0 Å². The van der Waals surface area contributed by atoms with Crippen LogP contribution in [0.3, 0.4) is 0 Å². The van der Waals surface area contributed by atoms with Crippen molar-refractivity contribution < 1.29 is 5.11 Å². The summed E-state index contributed by atoms with van der Waals surface area (Å²) in [7, 11) is 0. The third-order valence-corrected chi connectivity index (χ3v) is 5.97. The molecule has 186 valence electrons. The lowest BCUT2D eigenvalue weighted by atomic mass is 10.1.